The molecule has 0 radical (unpaired) electrons. The van der Waals surface area contributed by atoms with Crippen LogP contribution < -0.4 is 0 Å². The number of thiophene rings is 1. The molecule has 3 atom stereocenters. The lowest BCUT2D eigenvalue weighted by Gasteiger charge is -2.15. The second kappa shape index (κ2) is 7.75. The van der Waals surface area contributed by atoms with Crippen molar-refractivity contribution in [2.24, 2.45) is 22.7 Å². The van der Waals surface area contributed by atoms with Gasteiger partial charge in [-0.3, -0.25) is 10.1 Å². The van der Waals surface area contributed by atoms with Crippen LogP contribution in [0.3, 0.4) is 0 Å². The Bertz CT molecular complexity index is 1630. The van der Waals surface area contributed by atoms with Crippen LogP contribution in [0, 0.1) is 17.8 Å². The van der Waals surface area contributed by atoms with E-state index in [9.17, 15) is 0 Å². The normalized spacial score (nSPS) is 22.8. The zero-order valence-electron chi connectivity index (χ0n) is 20.0. The Labute approximate surface area is 208 Å². The van der Waals surface area contributed by atoms with Crippen molar-refractivity contribution in [2.75, 3.05) is 0 Å². The molecule has 0 amide bonds. The van der Waals surface area contributed by atoms with Crippen LogP contribution in [-0.2, 0) is 0 Å². The average molecular weight is 478 g/mol. The number of aliphatic imine (C=N–C) groups is 1. The molecule has 3 aromatic heterocycles. The molecular formula is C29H27N5S. The van der Waals surface area contributed by atoms with Crippen LogP contribution in [0.4, 0.5) is 0 Å². The van der Waals surface area contributed by atoms with E-state index in [-0.39, 0.29) is 0 Å². The van der Waals surface area contributed by atoms with Gasteiger partial charge in [-0.05, 0) is 89.9 Å². The summed E-state index contributed by atoms with van der Waals surface area (Å²) in [5, 5.41) is 13.2. The van der Waals surface area contributed by atoms with Crippen molar-refractivity contribution in [1.82, 2.24) is 20.2 Å². The predicted molar refractivity (Wildman–Crippen MR) is 146 cm³/mol. The number of fused-ring (bicyclic) bond motifs is 3. The number of hydrogen-bond acceptors (Lipinski definition) is 4. The number of aromatic amines is 2. The van der Waals surface area contributed by atoms with E-state index in [1.807, 2.05) is 0 Å². The average Bonchev–Trinajstić information content (AvgIpc) is 3.34. The van der Waals surface area contributed by atoms with Gasteiger partial charge in [0.25, 0.3) is 0 Å². The highest BCUT2D eigenvalue weighted by Gasteiger charge is 2.51. The first-order chi connectivity index (χ1) is 17.1. The topological polar surface area (TPSA) is 69.7 Å². The van der Waals surface area contributed by atoms with E-state index in [1.54, 1.807) is 11.3 Å². The maximum absolute atomic E-state index is 5.01. The molecule has 2 N–H and O–H groups in total. The van der Waals surface area contributed by atoms with E-state index in [2.05, 4.69) is 95.3 Å². The third-order valence-electron chi connectivity index (χ3n) is 7.59. The zero-order chi connectivity index (χ0) is 23.7. The Morgan fingerprint density at radius 1 is 1.09 bits per heavy atom. The summed E-state index contributed by atoms with van der Waals surface area (Å²) >= 11 is 1.70. The van der Waals surface area contributed by atoms with Gasteiger partial charge in [0, 0.05) is 28.6 Å². The molecule has 2 aliphatic carbocycles. The summed E-state index contributed by atoms with van der Waals surface area (Å²) in [4.78, 5) is 13.5. The molecule has 6 heteroatoms. The number of nitrogens with zero attached hydrogens (tertiary/aromatic N) is 3. The number of nitrogens with one attached hydrogen (secondary N) is 2. The standard InChI is InChI=1S/C29H27N5S/c1-15(2)30-25-13-19(12-21-16(3)26(21)25)17-7-8-23-22(11-17)28(34-33-23)29-31-24-6-4-5-20(27(24)32-29)18-9-10-35-14-18/h4-11,13-16,21,26H,12H2,1-3H3,(H,31,32)(H,33,34). The van der Waals surface area contributed by atoms with E-state index in [4.69, 9.17) is 9.98 Å². The summed E-state index contributed by atoms with van der Waals surface area (Å²) in [5.74, 6) is 2.88. The van der Waals surface area contributed by atoms with Crippen molar-refractivity contribution in [3.05, 3.63) is 64.9 Å². The number of H-pyrrole nitrogens is 2. The van der Waals surface area contributed by atoms with E-state index in [0.717, 1.165) is 57.3 Å². The molecule has 174 valence electrons. The minimum atomic E-state index is 0.323. The van der Waals surface area contributed by atoms with Gasteiger partial charge in [-0.15, -0.1) is 0 Å². The molecule has 7 rings (SSSR count). The second-order valence-corrected chi connectivity index (χ2v) is 11.0. The third kappa shape index (κ3) is 3.39. The van der Waals surface area contributed by atoms with E-state index >= 15 is 0 Å². The molecule has 5 aromatic rings. The van der Waals surface area contributed by atoms with Gasteiger partial charge in [-0.25, -0.2) is 4.98 Å². The van der Waals surface area contributed by atoms with Crippen molar-refractivity contribution in [2.45, 2.75) is 33.2 Å². The lowest BCUT2D eigenvalue weighted by Crippen LogP contribution is -2.10. The van der Waals surface area contributed by atoms with Crippen LogP contribution in [0.5, 0.6) is 0 Å². The highest BCUT2D eigenvalue weighted by atomic mass is 32.1. The number of imidazole rings is 1. The van der Waals surface area contributed by atoms with Crippen molar-refractivity contribution >= 4 is 44.6 Å². The fraction of sp³-hybridized carbons (Fsp3) is 0.276. The molecule has 2 aliphatic rings. The van der Waals surface area contributed by atoms with Gasteiger partial charge in [-0.1, -0.05) is 25.1 Å². The van der Waals surface area contributed by atoms with Crippen molar-refractivity contribution in [3.8, 4) is 22.6 Å². The minimum Gasteiger partial charge on any atom is -0.337 e. The van der Waals surface area contributed by atoms with Crippen molar-refractivity contribution in [1.29, 1.82) is 0 Å². The zero-order valence-corrected chi connectivity index (χ0v) is 20.9. The lowest BCUT2D eigenvalue weighted by atomic mass is 9.91. The molecular weight excluding hydrogens is 450 g/mol. The smallest absolute Gasteiger partial charge is 0.159 e. The largest absolute Gasteiger partial charge is 0.337 e. The minimum absolute atomic E-state index is 0.323. The number of rotatable bonds is 4. The predicted octanol–water partition coefficient (Wildman–Crippen LogP) is 7.35. The summed E-state index contributed by atoms with van der Waals surface area (Å²) in [5.41, 5.74) is 10.1. The van der Waals surface area contributed by atoms with Crippen molar-refractivity contribution in [3.63, 3.8) is 0 Å². The third-order valence-corrected chi connectivity index (χ3v) is 8.27. The Morgan fingerprint density at radius 2 is 2.00 bits per heavy atom. The van der Waals surface area contributed by atoms with Gasteiger partial charge >= 0.3 is 0 Å². The number of benzene rings is 2. The fourth-order valence-electron chi connectivity index (χ4n) is 5.75. The Kier molecular flexibility index (Phi) is 4.61. The Balaban J connectivity index is 1.32. The van der Waals surface area contributed by atoms with Crippen LogP contribution in [-0.4, -0.2) is 31.9 Å². The first-order valence-electron chi connectivity index (χ1n) is 12.4. The monoisotopic (exact) mass is 477 g/mol. The summed E-state index contributed by atoms with van der Waals surface area (Å²) in [6.07, 6.45) is 3.47. The highest BCUT2D eigenvalue weighted by molar-refractivity contribution is 7.08. The molecule has 0 aliphatic heterocycles. The molecule has 2 aromatic carbocycles. The molecule has 5 nitrogen and oxygen atoms in total. The second-order valence-electron chi connectivity index (χ2n) is 10.2. The number of para-hydroxylation sites is 1. The van der Waals surface area contributed by atoms with E-state index in [0.29, 0.717) is 12.0 Å². The number of aromatic nitrogens is 4. The number of hydrogen-bond donors (Lipinski definition) is 2. The molecule has 0 bridgehead atoms. The summed E-state index contributed by atoms with van der Waals surface area (Å²) in [7, 11) is 0. The van der Waals surface area contributed by atoms with Crippen LogP contribution >= 0.6 is 11.3 Å². The SMILES string of the molecule is CC(C)N=C1C=C(c2ccc3[nH]nc(-c4nc5c(-c6ccsc6)cccc5[nH]4)c3c2)CC2C(C)C12. The van der Waals surface area contributed by atoms with Gasteiger partial charge in [0.05, 0.1) is 16.6 Å². The van der Waals surface area contributed by atoms with Crippen LogP contribution in [0.15, 0.2) is 64.3 Å². The molecule has 3 heterocycles. The van der Waals surface area contributed by atoms with E-state index < -0.39 is 0 Å². The molecule has 35 heavy (non-hydrogen) atoms. The van der Waals surface area contributed by atoms with Crippen LogP contribution in [0.1, 0.15) is 32.8 Å². The molecule has 3 unspecified atom stereocenters. The van der Waals surface area contributed by atoms with Gasteiger partial charge < -0.3 is 4.98 Å². The van der Waals surface area contributed by atoms with Crippen LogP contribution in [0.25, 0.3) is 50.2 Å². The van der Waals surface area contributed by atoms with Crippen molar-refractivity contribution < 1.29 is 0 Å². The Morgan fingerprint density at radius 3 is 2.83 bits per heavy atom. The molecule has 0 spiro atoms. The number of allylic oxidation sites excluding steroid dienone is 2. The molecule has 0 saturated heterocycles. The highest BCUT2D eigenvalue weighted by Crippen LogP contribution is 2.55. The van der Waals surface area contributed by atoms with Gasteiger partial charge in [0.1, 0.15) is 5.69 Å². The molecule has 1 fully saturated rings. The van der Waals surface area contributed by atoms with Crippen LogP contribution in [0.2, 0.25) is 0 Å². The first kappa shape index (κ1) is 20.8. The first-order valence-corrected chi connectivity index (χ1v) is 13.3. The van der Waals surface area contributed by atoms with E-state index in [1.165, 1.54) is 22.4 Å². The quantitative estimate of drug-likeness (QED) is 0.284. The molecule has 1 saturated carbocycles. The summed E-state index contributed by atoms with van der Waals surface area (Å²) < 4.78 is 0. The van der Waals surface area contributed by atoms with Gasteiger partial charge in [-0.2, -0.15) is 16.4 Å². The van der Waals surface area contributed by atoms with Gasteiger partial charge in [0.15, 0.2) is 5.82 Å². The maximum atomic E-state index is 5.01. The summed E-state index contributed by atoms with van der Waals surface area (Å²) in [6, 6.07) is 15.4. The fourth-order valence-corrected chi connectivity index (χ4v) is 6.40. The maximum Gasteiger partial charge on any atom is 0.159 e. The summed E-state index contributed by atoms with van der Waals surface area (Å²) in [6.45, 7) is 6.70. The lowest BCUT2D eigenvalue weighted by molar-refractivity contribution is 0.767. The van der Waals surface area contributed by atoms with Gasteiger partial charge in [0.2, 0.25) is 0 Å². The Hall–Kier alpha value is -3.51.